The van der Waals surface area contributed by atoms with E-state index in [-0.39, 0.29) is 5.75 Å². The van der Waals surface area contributed by atoms with E-state index in [4.69, 9.17) is 0 Å². The van der Waals surface area contributed by atoms with Gasteiger partial charge in [0.25, 0.3) is 0 Å². The predicted molar refractivity (Wildman–Crippen MR) is 60.5 cm³/mol. The van der Waals surface area contributed by atoms with Crippen LogP contribution in [0.5, 0.6) is 5.75 Å². The summed E-state index contributed by atoms with van der Waals surface area (Å²) in [5.74, 6) is 0.262. The third kappa shape index (κ3) is 1.40. The molecule has 3 rings (SSSR count). The molecule has 0 bridgehead atoms. The molecular formula is C13H8NOZn. The quantitative estimate of drug-likeness (QED) is 0.496. The van der Waals surface area contributed by atoms with Gasteiger partial charge in [-0.3, -0.25) is 0 Å². The van der Waals surface area contributed by atoms with Gasteiger partial charge in [0.15, 0.2) is 0 Å². The van der Waals surface area contributed by atoms with E-state index in [0.29, 0.717) is 5.52 Å². The fourth-order valence-corrected chi connectivity index (χ4v) is 2.72. The van der Waals surface area contributed by atoms with E-state index in [1.165, 1.54) is 4.16 Å². The zero-order chi connectivity index (χ0) is 11.1. The Kier molecular flexibility index (Phi) is 2.15. The minimum absolute atomic E-state index is 0.262. The average molecular weight is 260 g/mol. The Bertz CT molecular complexity index is 634. The number of phenolic OH excluding ortho intramolecular Hbond substituents is 1. The van der Waals surface area contributed by atoms with Crippen molar-refractivity contribution >= 4 is 26.0 Å². The van der Waals surface area contributed by atoms with Gasteiger partial charge in [-0.2, -0.15) is 0 Å². The monoisotopic (exact) mass is 258 g/mol. The summed E-state index contributed by atoms with van der Waals surface area (Å²) in [6, 6.07) is 13.8. The molecule has 0 spiro atoms. The fourth-order valence-electron chi connectivity index (χ4n) is 1.90. The number of pyridine rings is 1. The van der Waals surface area contributed by atoms with E-state index < -0.39 is 0 Å². The van der Waals surface area contributed by atoms with Gasteiger partial charge in [-0.1, -0.05) is 0 Å². The van der Waals surface area contributed by atoms with Crippen LogP contribution in [0, 0.1) is 0 Å². The van der Waals surface area contributed by atoms with Gasteiger partial charge in [0.05, 0.1) is 0 Å². The topological polar surface area (TPSA) is 33.1 Å². The van der Waals surface area contributed by atoms with Crippen molar-refractivity contribution in [2.75, 3.05) is 0 Å². The van der Waals surface area contributed by atoms with Crippen LogP contribution in [0.15, 0.2) is 42.5 Å². The fraction of sp³-hybridized carbons (Fsp3) is 0. The van der Waals surface area contributed by atoms with Gasteiger partial charge in [-0.15, -0.1) is 0 Å². The van der Waals surface area contributed by atoms with Crippen LogP contribution in [-0.2, 0) is 18.3 Å². The summed E-state index contributed by atoms with van der Waals surface area (Å²) >= 11 is 1.07. The Balaban J connectivity index is 2.56. The van der Waals surface area contributed by atoms with Crippen LogP contribution in [0.1, 0.15) is 0 Å². The van der Waals surface area contributed by atoms with Gasteiger partial charge in [0, 0.05) is 0 Å². The average Bonchev–Trinajstić information content (AvgIpc) is 2.32. The number of para-hydroxylation sites is 1. The van der Waals surface area contributed by atoms with E-state index in [2.05, 4.69) is 11.1 Å². The molecule has 0 fully saturated rings. The molecular weight excluding hydrogens is 252 g/mol. The van der Waals surface area contributed by atoms with Crippen molar-refractivity contribution in [2.45, 2.75) is 0 Å². The van der Waals surface area contributed by atoms with Gasteiger partial charge in [-0.05, 0) is 0 Å². The summed E-state index contributed by atoms with van der Waals surface area (Å²) in [5, 5.41) is 12.0. The number of hydrogen-bond donors (Lipinski definition) is 1. The molecule has 1 heterocycles. The summed E-state index contributed by atoms with van der Waals surface area (Å²) in [7, 11) is 0. The second kappa shape index (κ2) is 3.53. The molecule has 2 aromatic carbocycles. The van der Waals surface area contributed by atoms with Crippen molar-refractivity contribution in [1.29, 1.82) is 0 Å². The molecule has 0 unspecified atom stereocenters. The Morgan fingerprint density at radius 2 is 1.88 bits per heavy atom. The van der Waals surface area contributed by atoms with E-state index in [9.17, 15) is 5.11 Å². The van der Waals surface area contributed by atoms with E-state index in [1.54, 1.807) is 6.07 Å². The van der Waals surface area contributed by atoms with Crippen LogP contribution in [-0.4, -0.2) is 10.1 Å². The van der Waals surface area contributed by atoms with Crippen molar-refractivity contribution in [2.24, 2.45) is 0 Å². The van der Waals surface area contributed by atoms with Gasteiger partial charge in [-0.25, -0.2) is 0 Å². The number of rotatable bonds is 0. The third-order valence-electron chi connectivity index (χ3n) is 2.75. The normalized spacial score (nSPS) is 11.1. The van der Waals surface area contributed by atoms with Crippen molar-refractivity contribution in [3.8, 4) is 5.75 Å². The van der Waals surface area contributed by atoms with E-state index in [1.807, 2.05) is 30.3 Å². The first-order valence-electron chi connectivity index (χ1n) is 5.09. The predicted octanol–water partition coefficient (Wildman–Crippen LogP) is 2.27. The summed E-state index contributed by atoms with van der Waals surface area (Å²) in [5.41, 5.74) is 1.64. The second-order valence-corrected chi connectivity index (χ2v) is 5.42. The van der Waals surface area contributed by atoms with Crippen molar-refractivity contribution in [1.82, 2.24) is 4.98 Å². The molecule has 0 amide bonds. The van der Waals surface area contributed by atoms with Crippen LogP contribution in [0.2, 0.25) is 0 Å². The summed E-state index contributed by atoms with van der Waals surface area (Å²) in [4.78, 5) is 4.51. The maximum absolute atomic E-state index is 9.81. The number of nitrogens with zero attached hydrogens (tertiary/aromatic N) is 1. The van der Waals surface area contributed by atoms with Crippen LogP contribution < -0.4 is 4.16 Å². The molecule has 0 aliphatic rings. The molecule has 0 aliphatic heterocycles. The number of aromatic nitrogens is 1. The molecule has 1 N–H and O–H groups in total. The number of fused-ring (bicyclic) bond motifs is 2. The molecule has 1 aromatic heterocycles. The Hall–Kier alpha value is -1.47. The van der Waals surface area contributed by atoms with Gasteiger partial charge < -0.3 is 0 Å². The zero-order valence-corrected chi connectivity index (χ0v) is 11.6. The molecule has 0 saturated heterocycles. The second-order valence-electron chi connectivity index (χ2n) is 3.82. The van der Waals surface area contributed by atoms with E-state index in [0.717, 1.165) is 34.6 Å². The molecule has 3 heteroatoms. The van der Waals surface area contributed by atoms with Crippen LogP contribution >= 0.6 is 0 Å². The number of phenols is 1. The molecule has 0 atom stereocenters. The van der Waals surface area contributed by atoms with Gasteiger partial charge >= 0.3 is 103 Å². The number of aromatic hydroxyl groups is 1. The SMILES string of the molecule is Oc1cc[c]([Zn])c2cc3ccccc3nc12. The molecule has 3 aromatic rings. The van der Waals surface area contributed by atoms with Crippen LogP contribution in [0.4, 0.5) is 0 Å². The van der Waals surface area contributed by atoms with Gasteiger partial charge in [0.2, 0.25) is 0 Å². The Morgan fingerprint density at radius 3 is 2.75 bits per heavy atom. The summed E-state index contributed by atoms with van der Waals surface area (Å²) < 4.78 is 1.26. The van der Waals surface area contributed by atoms with Crippen LogP contribution in [0.25, 0.3) is 21.8 Å². The molecule has 0 radical (unpaired) electrons. The van der Waals surface area contributed by atoms with Crippen molar-refractivity contribution < 1.29 is 23.4 Å². The minimum atomic E-state index is 0.262. The van der Waals surface area contributed by atoms with Crippen molar-refractivity contribution in [3.05, 3.63) is 42.5 Å². The first kappa shape index (κ1) is 9.74. The molecule has 0 aliphatic carbocycles. The third-order valence-corrected chi connectivity index (χ3v) is 4.05. The first-order valence-corrected chi connectivity index (χ1v) is 6.57. The van der Waals surface area contributed by atoms with Crippen LogP contribution in [0.3, 0.4) is 0 Å². The summed E-state index contributed by atoms with van der Waals surface area (Å²) in [6.45, 7) is 0. The Morgan fingerprint density at radius 1 is 1.06 bits per heavy atom. The molecule has 0 saturated carbocycles. The van der Waals surface area contributed by atoms with E-state index >= 15 is 0 Å². The van der Waals surface area contributed by atoms with Crippen molar-refractivity contribution in [3.63, 3.8) is 0 Å². The van der Waals surface area contributed by atoms with Gasteiger partial charge in [0.1, 0.15) is 0 Å². The molecule has 16 heavy (non-hydrogen) atoms. The first-order chi connectivity index (χ1) is 7.75. The standard InChI is InChI=1S/C13H8NO.Zn/c15-12-7-3-5-10-8-9-4-1-2-6-11(9)14-13(10)12;/h1-4,6-8,15H;. The molecule has 2 nitrogen and oxygen atoms in total. The maximum atomic E-state index is 9.81. The number of benzene rings is 2. The Labute approximate surface area is 103 Å². The number of hydrogen-bond acceptors (Lipinski definition) is 2. The summed E-state index contributed by atoms with van der Waals surface area (Å²) in [6.07, 6.45) is 0. The molecule has 73 valence electrons. The zero-order valence-electron chi connectivity index (χ0n) is 8.64.